The molecule has 1 aliphatic rings. The average molecular weight is 563 g/mol. The van der Waals surface area contributed by atoms with Crippen LogP contribution < -0.4 is 19.7 Å². The number of methoxy groups -OCH3 is 1. The van der Waals surface area contributed by atoms with Crippen LogP contribution in [0, 0.1) is 13.8 Å². The summed E-state index contributed by atoms with van der Waals surface area (Å²) >= 11 is 5.88. The number of sulfonamides is 1. The molecule has 0 bridgehead atoms. The zero-order valence-electron chi connectivity index (χ0n) is 22.1. The number of benzene rings is 1. The minimum absolute atomic E-state index is 0.237. The maximum Gasteiger partial charge on any atom is 0.229 e. The van der Waals surface area contributed by atoms with Crippen molar-refractivity contribution < 1.29 is 13.2 Å². The Kier molecular flexibility index (Phi) is 7.28. The van der Waals surface area contributed by atoms with Crippen LogP contribution >= 0.6 is 12.2 Å². The van der Waals surface area contributed by atoms with Crippen molar-refractivity contribution in [2.24, 2.45) is 0 Å². The molecule has 9 nitrogen and oxygen atoms in total. The third-order valence-corrected chi connectivity index (χ3v) is 7.75. The molecule has 2 atom stereocenters. The first kappa shape index (κ1) is 26.6. The number of rotatable bonds is 8. The second-order valence-corrected chi connectivity index (χ2v) is 11.7. The summed E-state index contributed by atoms with van der Waals surface area (Å²) in [6.45, 7) is 4.89. The largest absolute Gasteiger partial charge is 0.495 e. The molecule has 1 aromatic carbocycles. The van der Waals surface area contributed by atoms with Crippen LogP contribution in [0.2, 0.25) is 0 Å². The fourth-order valence-corrected chi connectivity index (χ4v) is 6.02. The second kappa shape index (κ2) is 10.7. The predicted octanol–water partition coefficient (Wildman–Crippen LogP) is 4.50. The second-order valence-electron chi connectivity index (χ2n) is 9.53. The monoisotopic (exact) mass is 562 g/mol. The Labute approximate surface area is 233 Å². The third kappa shape index (κ3) is 5.45. The molecule has 0 radical (unpaired) electrons. The minimum atomic E-state index is -3.54. The highest BCUT2D eigenvalue weighted by Gasteiger charge is 2.42. The van der Waals surface area contributed by atoms with Gasteiger partial charge >= 0.3 is 0 Å². The molecule has 0 amide bonds. The number of nitrogens with zero attached hydrogens (tertiary/aromatic N) is 4. The molecule has 1 fully saturated rings. The molecule has 0 aliphatic carbocycles. The van der Waals surface area contributed by atoms with Crippen LogP contribution in [0.1, 0.15) is 40.3 Å². The van der Waals surface area contributed by atoms with Gasteiger partial charge in [0.1, 0.15) is 5.75 Å². The molecule has 202 valence electrons. The highest BCUT2D eigenvalue weighted by Crippen LogP contribution is 2.44. The van der Waals surface area contributed by atoms with Gasteiger partial charge in [0.05, 0.1) is 36.8 Å². The van der Waals surface area contributed by atoms with Crippen molar-refractivity contribution in [2.45, 2.75) is 32.5 Å². The molecule has 2 N–H and O–H groups in total. The van der Waals surface area contributed by atoms with Gasteiger partial charge in [0.2, 0.25) is 10.0 Å². The number of thiocarbonyl (C=S) groups is 1. The molecule has 39 heavy (non-hydrogen) atoms. The summed E-state index contributed by atoms with van der Waals surface area (Å²) in [7, 11) is -2.04. The lowest BCUT2D eigenvalue weighted by Crippen LogP contribution is -2.29. The highest BCUT2D eigenvalue weighted by molar-refractivity contribution is 7.92. The van der Waals surface area contributed by atoms with Crippen LogP contribution in [-0.4, -0.2) is 41.4 Å². The van der Waals surface area contributed by atoms with Gasteiger partial charge in [-0.25, -0.2) is 8.42 Å². The van der Waals surface area contributed by atoms with Crippen molar-refractivity contribution >= 4 is 38.7 Å². The van der Waals surface area contributed by atoms with Crippen LogP contribution in [0.3, 0.4) is 0 Å². The smallest absolute Gasteiger partial charge is 0.229 e. The van der Waals surface area contributed by atoms with E-state index >= 15 is 0 Å². The lowest BCUT2D eigenvalue weighted by Gasteiger charge is -2.29. The maximum absolute atomic E-state index is 12.1. The number of ether oxygens (including phenoxy) is 1. The number of aromatic nitrogens is 3. The van der Waals surface area contributed by atoms with Gasteiger partial charge in [0, 0.05) is 42.2 Å². The highest BCUT2D eigenvalue weighted by atomic mass is 32.2. The molecule has 0 saturated carbocycles. The van der Waals surface area contributed by atoms with Gasteiger partial charge in [-0.05, 0) is 79.7 Å². The van der Waals surface area contributed by atoms with Crippen LogP contribution in [0.4, 0.5) is 11.4 Å². The SMILES string of the molecule is COc1ccc(N2C(=S)N[C@@H](c3ccccn3)[C@H]2c2cc(C)n(Cc3cccnc3)c2C)cc1NS(C)(=O)=O. The molecule has 3 aromatic heterocycles. The van der Waals surface area contributed by atoms with Gasteiger partial charge in [0.25, 0.3) is 0 Å². The van der Waals surface area contributed by atoms with Crippen molar-refractivity contribution in [1.82, 2.24) is 19.9 Å². The maximum atomic E-state index is 12.1. The normalized spacial score (nSPS) is 17.2. The Balaban J connectivity index is 1.64. The molecule has 1 aliphatic heterocycles. The summed E-state index contributed by atoms with van der Waals surface area (Å²) in [5.41, 5.74) is 6.32. The first-order valence-electron chi connectivity index (χ1n) is 12.4. The van der Waals surface area contributed by atoms with Crippen LogP contribution in [0.25, 0.3) is 0 Å². The van der Waals surface area contributed by atoms with Gasteiger partial charge in [-0.2, -0.15) is 0 Å². The number of nitrogens with one attached hydrogen (secondary N) is 2. The number of hydrogen-bond donors (Lipinski definition) is 2. The van der Waals surface area contributed by atoms with Crippen LogP contribution in [-0.2, 0) is 16.6 Å². The van der Waals surface area contributed by atoms with Gasteiger partial charge in [0.15, 0.2) is 5.11 Å². The predicted molar refractivity (Wildman–Crippen MR) is 157 cm³/mol. The zero-order valence-corrected chi connectivity index (χ0v) is 23.8. The van der Waals surface area contributed by atoms with E-state index in [9.17, 15) is 8.42 Å². The summed E-state index contributed by atoms with van der Waals surface area (Å²) in [6, 6.07) is 16.9. The molecular formula is C28H30N6O3S2. The van der Waals surface area contributed by atoms with Gasteiger partial charge in [-0.1, -0.05) is 12.1 Å². The number of anilines is 2. The lowest BCUT2D eigenvalue weighted by molar-refractivity contribution is 0.417. The third-order valence-electron chi connectivity index (χ3n) is 6.85. The molecule has 4 heterocycles. The van der Waals surface area contributed by atoms with E-state index in [4.69, 9.17) is 17.0 Å². The Morgan fingerprint density at radius 3 is 2.59 bits per heavy atom. The summed E-state index contributed by atoms with van der Waals surface area (Å²) in [6.07, 6.45) is 6.53. The first-order valence-corrected chi connectivity index (χ1v) is 14.7. The Morgan fingerprint density at radius 2 is 1.92 bits per heavy atom. The molecule has 0 spiro atoms. The van der Waals surface area contributed by atoms with Crippen molar-refractivity contribution in [1.29, 1.82) is 0 Å². The summed E-state index contributed by atoms with van der Waals surface area (Å²) in [4.78, 5) is 10.9. The Bertz CT molecular complexity index is 1610. The molecule has 4 aromatic rings. The van der Waals surface area contributed by atoms with Crippen LogP contribution in [0.15, 0.2) is 73.2 Å². The van der Waals surface area contributed by atoms with E-state index in [0.29, 0.717) is 23.1 Å². The van der Waals surface area contributed by atoms with E-state index in [1.54, 1.807) is 24.5 Å². The summed E-state index contributed by atoms with van der Waals surface area (Å²) in [5, 5.41) is 3.99. The zero-order chi connectivity index (χ0) is 27.7. The average Bonchev–Trinajstić information content (AvgIpc) is 3.39. The van der Waals surface area contributed by atoms with Gasteiger partial charge < -0.3 is 19.5 Å². The van der Waals surface area contributed by atoms with E-state index < -0.39 is 10.0 Å². The molecule has 11 heteroatoms. The standard InChI is InChI=1S/C28H30N6O3S2/c1-18-14-22(19(2)33(18)17-20-8-7-12-29-16-20)27-26(23-9-5-6-13-30-23)31-28(38)34(27)21-10-11-25(37-3)24(15-21)32-39(4,35)36/h5-16,26-27,32H,17H2,1-4H3,(H,31,38)/t26-,27+/m0/s1. The van der Waals surface area contributed by atoms with E-state index in [1.165, 1.54) is 7.11 Å². The fraction of sp³-hybridized carbons (Fsp3) is 0.250. The van der Waals surface area contributed by atoms with Crippen molar-refractivity contribution in [3.63, 3.8) is 0 Å². The Morgan fingerprint density at radius 1 is 1.10 bits per heavy atom. The molecular weight excluding hydrogens is 532 g/mol. The van der Waals surface area contributed by atoms with Gasteiger partial charge in [-0.3, -0.25) is 14.7 Å². The van der Waals surface area contributed by atoms with E-state index in [-0.39, 0.29) is 12.1 Å². The summed E-state index contributed by atoms with van der Waals surface area (Å²) in [5.74, 6) is 0.412. The molecule has 0 unspecified atom stereocenters. The van der Waals surface area contributed by atoms with Crippen LogP contribution in [0.5, 0.6) is 5.75 Å². The van der Waals surface area contributed by atoms with Crippen molar-refractivity contribution in [3.8, 4) is 5.75 Å². The number of pyridine rings is 2. The van der Waals surface area contributed by atoms with E-state index in [0.717, 1.165) is 40.2 Å². The summed E-state index contributed by atoms with van der Waals surface area (Å²) < 4.78 is 34.4. The fourth-order valence-electron chi connectivity index (χ4n) is 5.12. The lowest BCUT2D eigenvalue weighted by atomic mass is 9.96. The Hall–Kier alpha value is -3.96. The topological polar surface area (TPSA) is 101 Å². The first-order chi connectivity index (χ1) is 18.7. The van der Waals surface area contributed by atoms with Crippen molar-refractivity contribution in [3.05, 3.63) is 101 Å². The van der Waals surface area contributed by atoms with E-state index in [2.05, 4.69) is 50.6 Å². The van der Waals surface area contributed by atoms with Crippen molar-refractivity contribution in [2.75, 3.05) is 23.0 Å². The van der Waals surface area contributed by atoms with E-state index in [1.807, 2.05) is 41.4 Å². The molecule has 5 rings (SSSR count). The quantitative estimate of drug-likeness (QED) is 0.303. The molecule has 1 saturated heterocycles. The number of aryl methyl sites for hydroxylation is 1. The number of hydrogen-bond acceptors (Lipinski definition) is 6. The minimum Gasteiger partial charge on any atom is -0.495 e. The van der Waals surface area contributed by atoms with Gasteiger partial charge in [-0.15, -0.1) is 0 Å².